The van der Waals surface area contributed by atoms with Gasteiger partial charge in [0.15, 0.2) is 0 Å². The van der Waals surface area contributed by atoms with Gasteiger partial charge in [-0.05, 0) is 35.8 Å². The Bertz CT molecular complexity index is 880. The van der Waals surface area contributed by atoms with E-state index in [9.17, 15) is 62.9 Å². The Balaban J connectivity index is 0.00000191. The molecular weight excluding hydrogens is 833 g/mol. The average molecular weight is 864 g/mol. The molecular formula is C24H31Cl2F12NO3W. The van der Waals surface area contributed by atoms with Crippen molar-refractivity contribution in [2.24, 2.45) is 0 Å². The summed E-state index contributed by atoms with van der Waals surface area (Å²) in [5.74, 6) is -1.61. The molecule has 0 aromatic heterocycles. The molecule has 1 aliphatic rings. The van der Waals surface area contributed by atoms with Crippen LogP contribution in [0.25, 0.3) is 0 Å². The van der Waals surface area contributed by atoms with E-state index in [0.29, 0.717) is 0 Å². The number of alkyl halides is 12. The Hall–Kier alpha value is -0.672. The Morgan fingerprint density at radius 1 is 0.698 bits per heavy atom. The molecule has 0 atom stereocenters. The quantitative estimate of drug-likeness (QED) is 0.270. The van der Waals surface area contributed by atoms with Crippen molar-refractivity contribution in [1.82, 2.24) is 0 Å². The van der Waals surface area contributed by atoms with Gasteiger partial charge in [-0.3, -0.25) is 0 Å². The van der Waals surface area contributed by atoms with Crippen LogP contribution in [0.2, 0.25) is 0 Å². The van der Waals surface area contributed by atoms with Gasteiger partial charge in [0.05, 0.1) is 13.1 Å². The van der Waals surface area contributed by atoms with Gasteiger partial charge in [0.2, 0.25) is 0 Å². The van der Waals surface area contributed by atoms with E-state index in [-0.39, 0.29) is 11.1 Å². The van der Waals surface area contributed by atoms with Gasteiger partial charge >= 0.3 is 60.0 Å². The molecule has 0 spiro atoms. The van der Waals surface area contributed by atoms with Crippen LogP contribution in [0.3, 0.4) is 0 Å². The summed E-state index contributed by atoms with van der Waals surface area (Å²) >= 11 is -0.806. The van der Waals surface area contributed by atoms with Crippen molar-refractivity contribution in [3.8, 4) is 0 Å². The first-order valence-corrected chi connectivity index (χ1v) is 19.6. The molecule has 1 saturated heterocycles. The summed E-state index contributed by atoms with van der Waals surface area (Å²) in [6, 6.07) is 3.46. The molecule has 254 valence electrons. The Kier molecular flexibility index (Phi) is 16.0. The molecule has 19 heteroatoms. The molecule has 1 aromatic carbocycles. The number of anilines is 1. The van der Waals surface area contributed by atoms with Crippen molar-refractivity contribution in [2.45, 2.75) is 88.3 Å². The summed E-state index contributed by atoms with van der Waals surface area (Å²) < 4.78 is 166. The number of hydrogen-bond donors (Lipinski definition) is 2. The summed E-state index contributed by atoms with van der Waals surface area (Å²) in [6.07, 6.45) is -23.7. The zero-order valence-corrected chi connectivity index (χ0v) is 27.5. The number of nitrogens with zero attached hydrogens (tertiary/aromatic N) is 1. The first kappa shape index (κ1) is 42.3. The van der Waals surface area contributed by atoms with Crippen LogP contribution in [0.4, 0.5) is 58.4 Å². The molecule has 1 aromatic rings. The van der Waals surface area contributed by atoms with Gasteiger partial charge in [0.1, 0.15) is 0 Å². The number of benzene rings is 1. The van der Waals surface area contributed by atoms with Crippen LogP contribution < -0.4 is 4.90 Å². The van der Waals surface area contributed by atoms with Crippen molar-refractivity contribution in [2.75, 3.05) is 31.2 Å². The minimum atomic E-state index is -6.55. The molecule has 0 bridgehead atoms. The molecule has 43 heavy (non-hydrogen) atoms. The van der Waals surface area contributed by atoms with Crippen molar-refractivity contribution in [1.29, 1.82) is 0 Å². The molecule has 0 amide bonds. The van der Waals surface area contributed by atoms with Crippen LogP contribution in [-0.4, -0.2) is 72.4 Å². The second-order valence-electron chi connectivity index (χ2n) is 10.0. The van der Waals surface area contributed by atoms with Crippen molar-refractivity contribution in [3.63, 3.8) is 0 Å². The monoisotopic (exact) mass is 863 g/mol. The van der Waals surface area contributed by atoms with E-state index >= 15 is 0 Å². The fourth-order valence-corrected chi connectivity index (χ4v) is 3.83. The topological polar surface area (TPSA) is 52.9 Å². The molecule has 4 nitrogen and oxygen atoms in total. The van der Waals surface area contributed by atoms with E-state index in [1.165, 1.54) is 46.6 Å². The Morgan fingerprint density at radius 2 is 0.977 bits per heavy atom. The molecule has 1 fully saturated rings. The van der Waals surface area contributed by atoms with Gasteiger partial charge in [-0.15, -0.1) is 0 Å². The fourth-order valence-electron chi connectivity index (χ4n) is 3.83. The van der Waals surface area contributed by atoms with E-state index in [1.807, 2.05) is 0 Å². The van der Waals surface area contributed by atoms with E-state index in [4.69, 9.17) is 23.6 Å². The summed E-state index contributed by atoms with van der Waals surface area (Å²) in [5.41, 5.74) is -12.7. The van der Waals surface area contributed by atoms with Gasteiger partial charge < -0.3 is 19.8 Å². The van der Waals surface area contributed by atoms with Crippen molar-refractivity contribution >= 4 is 24.5 Å². The third kappa shape index (κ3) is 11.0. The van der Waals surface area contributed by atoms with Gasteiger partial charge in [-0.1, -0.05) is 45.9 Å². The Labute approximate surface area is 257 Å². The van der Waals surface area contributed by atoms with E-state index < -0.39 is 87.9 Å². The summed E-state index contributed by atoms with van der Waals surface area (Å²) in [4.78, 5) is -0.535. The predicted octanol–water partition coefficient (Wildman–Crippen LogP) is 8.62. The number of hydrogen-bond acceptors (Lipinski definition) is 4. The average Bonchev–Trinajstić information content (AvgIpc) is 3.41. The fraction of sp³-hybridized carbons (Fsp3) is 0.750. The van der Waals surface area contributed by atoms with E-state index in [1.54, 1.807) is 0 Å². The van der Waals surface area contributed by atoms with Gasteiger partial charge in [0, 0.05) is 18.9 Å². The molecule has 0 unspecified atom stereocenters. The Morgan fingerprint density at radius 3 is 1.16 bits per heavy atom. The molecule has 2 N–H and O–H groups in total. The molecule has 0 radical (unpaired) electrons. The number of aliphatic hydroxyl groups is 2. The van der Waals surface area contributed by atoms with Gasteiger partial charge in [-0.25, -0.2) is 0 Å². The van der Waals surface area contributed by atoms with E-state index in [0.717, 1.165) is 25.3 Å². The first-order valence-electron chi connectivity index (χ1n) is 12.3. The van der Waals surface area contributed by atoms with Crippen molar-refractivity contribution in [3.05, 3.63) is 29.3 Å². The first-order chi connectivity index (χ1) is 19.2. The van der Waals surface area contributed by atoms with Crippen molar-refractivity contribution < 1.29 is 84.1 Å². The van der Waals surface area contributed by atoms with Crippen LogP contribution in [-0.2, 0) is 21.2 Å². The number of para-hydroxylation sites is 1. The van der Waals surface area contributed by atoms with Crippen LogP contribution in [0.1, 0.15) is 63.5 Å². The SMILES string of the molecule is C1CCOC1.CC(C)c1cccc(C(C)C)c1N(CC(O)(C(F)(F)F)C(F)(F)F)CC(O)(C(F)(F)F)C(F)(F)F.[Cl][W][Cl]. The van der Waals surface area contributed by atoms with Crippen LogP contribution in [0.5, 0.6) is 0 Å². The van der Waals surface area contributed by atoms with Crippen LogP contribution in [0.15, 0.2) is 18.2 Å². The zero-order chi connectivity index (χ0) is 34.2. The third-order valence-electron chi connectivity index (χ3n) is 6.20. The zero-order valence-electron chi connectivity index (χ0n) is 23.1. The molecule has 1 aliphatic heterocycles. The number of halogens is 14. The summed E-state index contributed by atoms with van der Waals surface area (Å²) in [6.45, 7) is 1.78. The second-order valence-corrected chi connectivity index (χ2v) is 14.3. The van der Waals surface area contributed by atoms with Gasteiger partial charge in [0.25, 0.3) is 11.2 Å². The van der Waals surface area contributed by atoms with Crippen LogP contribution >= 0.6 is 18.8 Å². The summed E-state index contributed by atoms with van der Waals surface area (Å²) in [5, 5.41) is 19.3. The molecule has 0 saturated carbocycles. The maximum atomic E-state index is 13.4. The maximum absolute atomic E-state index is 13.4. The van der Waals surface area contributed by atoms with Gasteiger partial charge in [-0.2, -0.15) is 52.7 Å². The second kappa shape index (κ2) is 16.2. The molecule has 2 rings (SSSR count). The van der Waals surface area contributed by atoms with E-state index in [2.05, 4.69) is 0 Å². The minimum absolute atomic E-state index is 0.199. The standard InChI is InChI=1S/C20H23F12NO2.C4H8O.2ClH.W/c1-10(2)12-6-5-7-13(11(3)4)14(12)33(8-15(34,17(21,22)23)18(24,25)26)9-16(35,19(27,28)29)20(30,31)32;1-2-4-5-3-1;;;/h5-7,10-11,34-35H,8-9H2,1-4H3;1-4H2;2*1H;/q;;;;+2/p-2. The molecule has 1 heterocycles. The number of rotatable bonds is 7. The number of ether oxygens (including phenoxy) is 1. The normalized spacial score (nSPS) is 15.2. The summed E-state index contributed by atoms with van der Waals surface area (Å²) in [7, 11) is 9.86. The third-order valence-corrected chi connectivity index (χ3v) is 6.20. The predicted molar refractivity (Wildman–Crippen MR) is 133 cm³/mol. The molecule has 0 aliphatic carbocycles. The van der Waals surface area contributed by atoms with Crippen LogP contribution in [0, 0.1) is 0 Å².